The van der Waals surface area contributed by atoms with Crippen molar-refractivity contribution in [2.24, 2.45) is 0 Å². The third kappa shape index (κ3) is 8.27. The minimum Gasteiger partial charge on any atom is -0.508 e. The molecule has 1 saturated heterocycles. The number of amides is 2. The minimum atomic E-state index is -0.813. The number of anilines is 1. The molecule has 2 amide bonds. The number of benzene rings is 4. The van der Waals surface area contributed by atoms with Crippen molar-refractivity contribution in [3.8, 4) is 5.75 Å². The zero-order valence-corrected chi connectivity index (χ0v) is 25.5. The molecule has 0 saturated carbocycles. The van der Waals surface area contributed by atoms with Gasteiger partial charge in [-0.25, -0.2) is 4.79 Å². The Morgan fingerprint density at radius 1 is 0.889 bits per heavy atom. The topological polar surface area (TPSA) is 124 Å². The van der Waals surface area contributed by atoms with E-state index >= 15 is 0 Å². The van der Waals surface area contributed by atoms with Gasteiger partial charge in [0.25, 0.3) is 0 Å². The van der Waals surface area contributed by atoms with Gasteiger partial charge in [-0.1, -0.05) is 78.9 Å². The maximum Gasteiger partial charge on any atom is 0.319 e. The molecule has 9 heteroatoms. The van der Waals surface area contributed by atoms with Crippen LogP contribution in [0.2, 0.25) is 0 Å². The van der Waals surface area contributed by atoms with E-state index in [1.54, 1.807) is 24.3 Å². The van der Waals surface area contributed by atoms with Gasteiger partial charge < -0.3 is 40.3 Å². The van der Waals surface area contributed by atoms with Gasteiger partial charge in [0.05, 0.1) is 24.9 Å². The minimum absolute atomic E-state index is 0.0556. The average molecular weight is 612 g/mol. The fraction of sp³-hybridized carbons (Fsp3) is 0.306. The van der Waals surface area contributed by atoms with Crippen LogP contribution in [0.15, 0.2) is 103 Å². The van der Waals surface area contributed by atoms with Crippen molar-refractivity contribution < 1.29 is 29.6 Å². The Kier molecular flexibility index (Phi) is 10.8. The Labute approximate surface area is 264 Å². The van der Waals surface area contributed by atoms with Crippen LogP contribution < -0.4 is 10.6 Å². The number of phenols is 1. The molecule has 1 aliphatic heterocycles. The van der Waals surface area contributed by atoms with Crippen LogP contribution in [0.25, 0.3) is 0 Å². The van der Waals surface area contributed by atoms with Crippen molar-refractivity contribution >= 4 is 11.7 Å². The Balaban J connectivity index is 1.48. The summed E-state index contributed by atoms with van der Waals surface area (Å²) in [6.07, 6.45) is -2.34. The van der Waals surface area contributed by atoms with Crippen molar-refractivity contribution in [2.75, 3.05) is 32.0 Å². The van der Waals surface area contributed by atoms with E-state index in [4.69, 9.17) is 9.47 Å². The molecule has 5 unspecified atom stereocenters. The highest BCUT2D eigenvalue weighted by Gasteiger charge is 2.42. The van der Waals surface area contributed by atoms with Crippen LogP contribution in [-0.2, 0) is 16.1 Å². The summed E-state index contributed by atoms with van der Waals surface area (Å²) < 4.78 is 13.5. The van der Waals surface area contributed by atoms with Gasteiger partial charge in [0.15, 0.2) is 6.29 Å². The number of aliphatic hydroxyl groups is 2. The van der Waals surface area contributed by atoms with Crippen molar-refractivity contribution in [1.29, 1.82) is 0 Å². The van der Waals surface area contributed by atoms with E-state index in [0.717, 1.165) is 22.3 Å². The monoisotopic (exact) mass is 611 g/mol. The number of rotatable bonds is 11. The normalized spacial score (nSPS) is 20.5. The molecule has 45 heavy (non-hydrogen) atoms. The van der Waals surface area contributed by atoms with Crippen LogP contribution in [-0.4, -0.2) is 59.0 Å². The second kappa shape index (κ2) is 15.2. The number of aliphatic hydroxyl groups excluding tert-OH is 2. The molecule has 4 aromatic carbocycles. The number of carbonyl (C=O) groups is 1. The zero-order chi connectivity index (χ0) is 31.8. The summed E-state index contributed by atoms with van der Waals surface area (Å²) in [6, 6.07) is 31.6. The first kappa shape index (κ1) is 32.2. The van der Waals surface area contributed by atoms with Crippen LogP contribution in [0.5, 0.6) is 5.75 Å². The summed E-state index contributed by atoms with van der Waals surface area (Å²) in [5.41, 5.74) is 4.79. The maximum atomic E-state index is 12.2. The Morgan fingerprint density at radius 2 is 1.62 bits per heavy atom. The van der Waals surface area contributed by atoms with E-state index in [1.807, 2.05) is 85.6 Å². The van der Waals surface area contributed by atoms with Gasteiger partial charge in [-0.2, -0.15) is 0 Å². The lowest BCUT2D eigenvalue weighted by atomic mass is 9.83. The molecule has 4 aromatic rings. The lowest BCUT2D eigenvalue weighted by Crippen LogP contribution is -2.44. The fourth-order valence-corrected chi connectivity index (χ4v) is 5.78. The largest absolute Gasteiger partial charge is 0.508 e. The second-order valence-electron chi connectivity index (χ2n) is 11.3. The summed E-state index contributed by atoms with van der Waals surface area (Å²) in [5, 5.41) is 36.2. The van der Waals surface area contributed by atoms with Crippen molar-refractivity contribution in [3.63, 3.8) is 0 Å². The van der Waals surface area contributed by atoms with E-state index in [1.165, 1.54) is 0 Å². The van der Waals surface area contributed by atoms with Gasteiger partial charge in [-0.3, -0.25) is 0 Å². The summed E-state index contributed by atoms with van der Waals surface area (Å²) in [7, 11) is 1.93. The lowest BCUT2D eigenvalue weighted by molar-refractivity contribution is -0.263. The Morgan fingerprint density at radius 3 is 2.33 bits per heavy atom. The number of carbonyl (C=O) groups excluding carboxylic acids is 1. The molecule has 1 fully saturated rings. The molecule has 5 atom stereocenters. The Bertz CT molecular complexity index is 1530. The summed E-state index contributed by atoms with van der Waals surface area (Å²) in [4.78, 5) is 14.3. The first-order valence-electron chi connectivity index (χ1n) is 15.2. The molecular formula is C36H41N3O6. The van der Waals surface area contributed by atoms with Gasteiger partial charge in [-0.05, 0) is 60.5 Å². The number of urea groups is 1. The standard InChI is InChI=1S/C36H41N3O6/c1-3-37-36(43)38-29-13-7-12-28(19-29)35-44-32(22-39(2)21-31(42)27-11-8-14-30(41)20-27)33(25-9-5-4-6-10-25)34(45-35)26-17-15-24(23-40)16-18-26/h4-20,31-35,40-42H,3,21-23H2,1-2H3,(H2,37,38,43). The molecule has 0 aliphatic carbocycles. The molecular weight excluding hydrogens is 570 g/mol. The highest BCUT2D eigenvalue weighted by Crippen LogP contribution is 2.47. The third-order valence-electron chi connectivity index (χ3n) is 7.96. The van der Waals surface area contributed by atoms with Crippen molar-refractivity contribution in [1.82, 2.24) is 10.2 Å². The zero-order valence-electron chi connectivity index (χ0n) is 25.5. The number of hydrogen-bond donors (Lipinski definition) is 5. The molecule has 5 rings (SSSR count). The highest BCUT2D eigenvalue weighted by molar-refractivity contribution is 5.89. The second-order valence-corrected chi connectivity index (χ2v) is 11.3. The van der Waals surface area contributed by atoms with E-state index in [-0.39, 0.29) is 30.4 Å². The Hall–Kier alpha value is -4.25. The number of phenolic OH excluding ortho intramolecular Hbond substituents is 1. The van der Waals surface area contributed by atoms with Crippen LogP contribution in [0, 0.1) is 0 Å². The van der Waals surface area contributed by atoms with E-state index in [9.17, 15) is 20.1 Å². The predicted molar refractivity (Wildman–Crippen MR) is 173 cm³/mol. The van der Waals surface area contributed by atoms with Crippen LogP contribution in [0.4, 0.5) is 10.5 Å². The SMILES string of the molecule is CCNC(=O)Nc1cccc(C2OC(CN(C)CC(O)c3cccc(O)c3)C(c3ccccc3)C(c3ccc(CO)cc3)O2)c1. The third-order valence-corrected chi connectivity index (χ3v) is 7.96. The quantitative estimate of drug-likeness (QED) is 0.149. The van der Waals surface area contributed by atoms with Crippen LogP contribution >= 0.6 is 0 Å². The molecule has 5 N–H and O–H groups in total. The molecule has 0 bridgehead atoms. The van der Waals surface area contributed by atoms with Crippen LogP contribution in [0.1, 0.15) is 59.2 Å². The average Bonchev–Trinajstić information content (AvgIpc) is 3.05. The van der Waals surface area contributed by atoms with E-state index < -0.39 is 18.5 Å². The smallest absolute Gasteiger partial charge is 0.319 e. The number of aromatic hydroxyl groups is 1. The molecule has 1 aliphatic rings. The number of likely N-dealkylation sites (N-methyl/N-ethyl adjacent to an activating group) is 1. The molecule has 236 valence electrons. The molecule has 0 spiro atoms. The number of nitrogens with zero attached hydrogens (tertiary/aromatic N) is 1. The summed E-state index contributed by atoms with van der Waals surface area (Å²) >= 11 is 0. The summed E-state index contributed by atoms with van der Waals surface area (Å²) in [6.45, 7) is 3.10. The molecule has 0 radical (unpaired) electrons. The van der Waals surface area contributed by atoms with Crippen molar-refractivity contribution in [2.45, 2.75) is 44.1 Å². The molecule has 0 aromatic heterocycles. The maximum absolute atomic E-state index is 12.2. The molecule has 1 heterocycles. The highest BCUT2D eigenvalue weighted by atomic mass is 16.7. The van der Waals surface area contributed by atoms with Gasteiger partial charge in [0, 0.05) is 36.8 Å². The van der Waals surface area contributed by atoms with E-state index in [0.29, 0.717) is 30.9 Å². The van der Waals surface area contributed by atoms with Gasteiger partial charge in [-0.15, -0.1) is 0 Å². The van der Waals surface area contributed by atoms with Crippen molar-refractivity contribution in [3.05, 3.63) is 131 Å². The predicted octanol–water partition coefficient (Wildman–Crippen LogP) is 5.63. The fourth-order valence-electron chi connectivity index (χ4n) is 5.78. The first-order valence-corrected chi connectivity index (χ1v) is 15.2. The lowest BCUT2D eigenvalue weighted by Gasteiger charge is -2.44. The molecule has 9 nitrogen and oxygen atoms in total. The summed E-state index contributed by atoms with van der Waals surface area (Å²) in [5.74, 6) is -0.104. The first-order chi connectivity index (χ1) is 21.8. The van der Waals surface area contributed by atoms with Gasteiger partial charge >= 0.3 is 6.03 Å². The number of nitrogens with one attached hydrogen (secondary N) is 2. The van der Waals surface area contributed by atoms with Gasteiger partial charge in [0.2, 0.25) is 0 Å². The van der Waals surface area contributed by atoms with Gasteiger partial charge in [0.1, 0.15) is 5.75 Å². The number of ether oxygens (including phenoxy) is 2. The number of hydrogen-bond acceptors (Lipinski definition) is 7. The van der Waals surface area contributed by atoms with E-state index in [2.05, 4.69) is 22.8 Å². The van der Waals surface area contributed by atoms with Crippen LogP contribution in [0.3, 0.4) is 0 Å².